The minimum Gasteiger partial charge on any atom is -0.399 e. The Hall–Kier alpha value is -2.24. The Kier molecular flexibility index (Phi) is 4.27. The highest BCUT2D eigenvalue weighted by molar-refractivity contribution is 7.12. The Morgan fingerprint density at radius 2 is 2.00 bits per heavy atom. The average molecular weight is 350 g/mol. The van der Waals surface area contributed by atoms with Gasteiger partial charge in [0.2, 0.25) is 0 Å². The second-order valence-electron chi connectivity index (χ2n) is 6.70. The average Bonchev–Trinajstić information content (AvgIpc) is 2.92. The number of nitrogens with zero attached hydrogens (tertiary/aromatic N) is 3. The van der Waals surface area contributed by atoms with Gasteiger partial charge in [-0.25, -0.2) is 9.97 Å². The van der Waals surface area contributed by atoms with Gasteiger partial charge >= 0.3 is 0 Å². The first-order valence-corrected chi connectivity index (χ1v) is 9.39. The largest absolute Gasteiger partial charge is 0.399 e. The maximum atomic E-state index is 5.76. The third-order valence-electron chi connectivity index (χ3n) is 4.78. The van der Waals surface area contributed by atoms with Crippen LogP contribution in [0.4, 0.5) is 5.69 Å². The van der Waals surface area contributed by atoms with Crippen molar-refractivity contribution in [1.29, 1.82) is 0 Å². The minimum absolute atomic E-state index is 0.761. The molecule has 1 aliphatic heterocycles. The third kappa shape index (κ3) is 3.43. The molecule has 1 aromatic carbocycles. The molecular formula is C20H22N4S. The Bertz CT molecular complexity index is 879. The van der Waals surface area contributed by atoms with Crippen molar-refractivity contribution in [2.24, 2.45) is 0 Å². The van der Waals surface area contributed by atoms with Crippen LogP contribution in [-0.4, -0.2) is 21.4 Å². The molecule has 0 saturated heterocycles. The van der Waals surface area contributed by atoms with Crippen LogP contribution in [-0.2, 0) is 19.5 Å². The normalized spacial score (nSPS) is 14.5. The molecule has 0 fully saturated rings. The molecule has 0 atom stereocenters. The lowest BCUT2D eigenvalue weighted by molar-refractivity contribution is 0.245. The highest BCUT2D eigenvalue weighted by atomic mass is 32.1. The minimum atomic E-state index is 0.761. The lowest BCUT2D eigenvalue weighted by atomic mass is 10.1. The van der Waals surface area contributed by atoms with Gasteiger partial charge in [0.1, 0.15) is 0 Å². The van der Waals surface area contributed by atoms with Crippen LogP contribution in [0.5, 0.6) is 0 Å². The van der Waals surface area contributed by atoms with Crippen molar-refractivity contribution >= 4 is 17.0 Å². The summed E-state index contributed by atoms with van der Waals surface area (Å²) in [5.41, 5.74) is 11.4. The zero-order chi connectivity index (χ0) is 17.4. The predicted octanol–water partition coefficient (Wildman–Crippen LogP) is 3.96. The number of benzene rings is 1. The fourth-order valence-corrected chi connectivity index (χ4v) is 4.32. The summed E-state index contributed by atoms with van der Waals surface area (Å²) in [5, 5.41) is 0. The van der Waals surface area contributed by atoms with Crippen molar-refractivity contribution in [3.05, 3.63) is 63.1 Å². The lowest BCUT2D eigenvalue weighted by Gasteiger charge is -2.27. The molecule has 0 saturated carbocycles. The van der Waals surface area contributed by atoms with Crippen LogP contribution in [0.2, 0.25) is 0 Å². The number of anilines is 1. The van der Waals surface area contributed by atoms with Crippen molar-refractivity contribution in [2.75, 3.05) is 12.3 Å². The number of thiophene rings is 1. The zero-order valence-corrected chi connectivity index (χ0v) is 15.4. The van der Waals surface area contributed by atoms with Gasteiger partial charge in [0.25, 0.3) is 0 Å². The van der Waals surface area contributed by atoms with E-state index < -0.39 is 0 Å². The number of nitrogen functional groups attached to an aromatic ring is 1. The monoisotopic (exact) mass is 350 g/mol. The van der Waals surface area contributed by atoms with E-state index in [2.05, 4.69) is 29.8 Å². The predicted molar refractivity (Wildman–Crippen MR) is 103 cm³/mol. The van der Waals surface area contributed by atoms with E-state index in [0.717, 1.165) is 43.1 Å². The van der Waals surface area contributed by atoms with Crippen LogP contribution in [0.3, 0.4) is 0 Å². The fourth-order valence-electron chi connectivity index (χ4n) is 3.23. The molecule has 1 aliphatic rings. The summed E-state index contributed by atoms with van der Waals surface area (Å²) in [6.45, 7) is 7.36. The summed E-state index contributed by atoms with van der Waals surface area (Å²) in [4.78, 5) is 14.7. The molecule has 0 spiro atoms. The summed E-state index contributed by atoms with van der Waals surface area (Å²) in [6.07, 6.45) is 2.97. The number of nitrogens with two attached hydrogens (primary N) is 1. The smallest absolute Gasteiger partial charge is 0.159 e. The molecule has 0 amide bonds. The molecule has 4 rings (SSSR count). The number of hydrogen-bond donors (Lipinski definition) is 1. The summed E-state index contributed by atoms with van der Waals surface area (Å²) < 4.78 is 0. The highest BCUT2D eigenvalue weighted by Crippen LogP contribution is 2.26. The maximum absolute atomic E-state index is 5.76. The van der Waals surface area contributed by atoms with Crippen molar-refractivity contribution in [3.63, 3.8) is 0 Å². The van der Waals surface area contributed by atoms with Crippen LogP contribution in [0.1, 0.15) is 26.6 Å². The Morgan fingerprint density at radius 3 is 2.72 bits per heavy atom. The van der Waals surface area contributed by atoms with E-state index in [9.17, 15) is 0 Å². The molecule has 3 aromatic rings. The first kappa shape index (κ1) is 16.2. The van der Waals surface area contributed by atoms with Crippen LogP contribution in [0.15, 0.2) is 36.5 Å². The number of rotatable bonds is 3. The van der Waals surface area contributed by atoms with Gasteiger partial charge in [-0.1, -0.05) is 0 Å². The van der Waals surface area contributed by atoms with Crippen molar-refractivity contribution in [3.8, 4) is 11.4 Å². The van der Waals surface area contributed by atoms with E-state index in [-0.39, 0.29) is 0 Å². The molecule has 2 aromatic heterocycles. The van der Waals surface area contributed by atoms with E-state index in [1.807, 2.05) is 41.8 Å². The number of aromatic nitrogens is 2. The van der Waals surface area contributed by atoms with E-state index in [1.54, 1.807) is 0 Å². The van der Waals surface area contributed by atoms with Crippen LogP contribution >= 0.6 is 11.3 Å². The van der Waals surface area contributed by atoms with Gasteiger partial charge < -0.3 is 5.73 Å². The molecule has 128 valence electrons. The van der Waals surface area contributed by atoms with E-state index in [0.29, 0.717) is 0 Å². The first-order valence-electron chi connectivity index (χ1n) is 8.57. The second kappa shape index (κ2) is 6.58. The summed E-state index contributed by atoms with van der Waals surface area (Å²) in [7, 11) is 0. The first-order chi connectivity index (χ1) is 12.1. The van der Waals surface area contributed by atoms with Gasteiger partial charge in [-0.2, -0.15) is 0 Å². The molecule has 0 radical (unpaired) electrons. The van der Waals surface area contributed by atoms with Gasteiger partial charge in [-0.15, -0.1) is 11.3 Å². The quantitative estimate of drug-likeness (QED) is 0.727. The maximum Gasteiger partial charge on any atom is 0.159 e. The summed E-state index contributed by atoms with van der Waals surface area (Å²) in [6, 6.07) is 10.1. The molecule has 3 heterocycles. The Balaban J connectivity index is 1.51. The summed E-state index contributed by atoms with van der Waals surface area (Å²) in [5.74, 6) is 0.789. The molecule has 2 N–H and O–H groups in total. The van der Waals surface area contributed by atoms with Gasteiger partial charge in [0, 0.05) is 58.8 Å². The lowest BCUT2D eigenvalue weighted by Crippen LogP contribution is -2.30. The number of aryl methyl sites for hydroxylation is 2. The van der Waals surface area contributed by atoms with E-state index >= 15 is 0 Å². The third-order valence-corrected chi connectivity index (χ3v) is 5.92. The number of fused-ring (bicyclic) bond motifs is 1. The number of hydrogen-bond acceptors (Lipinski definition) is 5. The summed E-state index contributed by atoms with van der Waals surface area (Å²) >= 11 is 1.91. The van der Waals surface area contributed by atoms with E-state index in [1.165, 1.54) is 26.6 Å². The standard InChI is InChI=1S/C20H22N4S/c1-13-9-18(25-14(13)2)12-24-8-7-19-16(11-24)10-22-20(23-19)15-3-5-17(21)6-4-15/h3-6,9-10H,7-8,11-12,21H2,1-2H3. The molecule has 0 bridgehead atoms. The van der Waals surface area contributed by atoms with Gasteiger partial charge in [-0.05, 0) is 49.7 Å². The SMILES string of the molecule is Cc1cc(CN2CCc3nc(-c4ccc(N)cc4)ncc3C2)sc1C. The molecule has 5 heteroatoms. The molecule has 25 heavy (non-hydrogen) atoms. The Labute approximate surface area is 152 Å². The van der Waals surface area contributed by atoms with Crippen molar-refractivity contribution in [1.82, 2.24) is 14.9 Å². The molecule has 4 nitrogen and oxygen atoms in total. The van der Waals surface area contributed by atoms with Crippen LogP contribution < -0.4 is 5.73 Å². The van der Waals surface area contributed by atoms with Crippen molar-refractivity contribution < 1.29 is 0 Å². The molecule has 0 unspecified atom stereocenters. The van der Waals surface area contributed by atoms with Gasteiger partial charge in [0.05, 0.1) is 5.69 Å². The van der Waals surface area contributed by atoms with E-state index in [4.69, 9.17) is 10.7 Å². The Morgan fingerprint density at radius 1 is 1.20 bits per heavy atom. The van der Waals surface area contributed by atoms with Crippen molar-refractivity contribution in [2.45, 2.75) is 33.4 Å². The van der Waals surface area contributed by atoms with Crippen LogP contribution in [0.25, 0.3) is 11.4 Å². The van der Waals surface area contributed by atoms with Gasteiger partial charge in [0.15, 0.2) is 5.82 Å². The topological polar surface area (TPSA) is 55.0 Å². The highest BCUT2D eigenvalue weighted by Gasteiger charge is 2.19. The molecule has 0 aliphatic carbocycles. The van der Waals surface area contributed by atoms with Gasteiger partial charge in [-0.3, -0.25) is 4.90 Å². The second-order valence-corrected chi connectivity index (χ2v) is 8.04. The molecular weight excluding hydrogens is 328 g/mol. The zero-order valence-electron chi connectivity index (χ0n) is 14.6. The van der Waals surface area contributed by atoms with Crippen LogP contribution in [0, 0.1) is 13.8 Å². The fraction of sp³-hybridized carbons (Fsp3) is 0.300.